The molecule has 0 radical (unpaired) electrons. The molecule has 6 nitrogen and oxygen atoms in total. The van der Waals surface area contributed by atoms with Crippen molar-refractivity contribution >= 4 is 34.2 Å². The van der Waals surface area contributed by atoms with Gasteiger partial charge < -0.3 is 15.8 Å². The summed E-state index contributed by atoms with van der Waals surface area (Å²) in [6.07, 6.45) is 0.501. The molecule has 0 fully saturated rings. The van der Waals surface area contributed by atoms with Crippen LogP contribution in [0, 0.1) is 0 Å². The second-order valence-corrected chi connectivity index (χ2v) is 5.53. The number of hydrogen-bond donors (Lipinski definition) is 2. The highest BCUT2D eigenvalue weighted by Crippen LogP contribution is 2.19. The van der Waals surface area contributed by atoms with Gasteiger partial charge >= 0.3 is 5.97 Å². The molecule has 0 spiro atoms. The van der Waals surface area contributed by atoms with Crippen molar-refractivity contribution in [2.75, 3.05) is 11.1 Å². The normalized spacial score (nSPS) is 11.7. The number of benzene rings is 2. The summed E-state index contributed by atoms with van der Waals surface area (Å²) in [6.45, 7) is 1.50. The van der Waals surface area contributed by atoms with E-state index in [1.807, 2.05) is 36.4 Å². The van der Waals surface area contributed by atoms with Gasteiger partial charge in [0.05, 0.1) is 0 Å². The lowest BCUT2D eigenvalue weighted by Gasteiger charge is -2.14. The maximum atomic E-state index is 12.3. The van der Waals surface area contributed by atoms with E-state index in [0.717, 1.165) is 10.8 Å². The number of hydrogen-bond acceptors (Lipinski definition) is 5. The molecule has 6 heteroatoms. The maximum absolute atomic E-state index is 12.3. The van der Waals surface area contributed by atoms with Crippen LogP contribution in [0.4, 0.5) is 11.5 Å². The Labute approximate surface area is 144 Å². The van der Waals surface area contributed by atoms with Crippen molar-refractivity contribution in [2.45, 2.75) is 13.0 Å². The number of esters is 1. The van der Waals surface area contributed by atoms with E-state index in [0.29, 0.717) is 5.69 Å². The second-order valence-electron chi connectivity index (χ2n) is 5.53. The highest BCUT2D eigenvalue weighted by molar-refractivity contribution is 6.00. The van der Waals surface area contributed by atoms with Gasteiger partial charge in [-0.1, -0.05) is 30.3 Å². The number of pyridine rings is 1. The minimum absolute atomic E-state index is 0.0645. The lowest BCUT2D eigenvalue weighted by molar-refractivity contribution is -0.123. The van der Waals surface area contributed by atoms with E-state index in [9.17, 15) is 9.59 Å². The Kier molecular flexibility index (Phi) is 4.61. The van der Waals surface area contributed by atoms with Crippen molar-refractivity contribution in [1.29, 1.82) is 0 Å². The quantitative estimate of drug-likeness (QED) is 0.715. The number of amides is 1. The van der Waals surface area contributed by atoms with Crippen LogP contribution in [0.5, 0.6) is 0 Å². The number of nitrogen functional groups attached to an aromatic ring is 1. The molecule has 3 N–H and O–H groups in total. The number of nitrogens with zero attached hydrogens (tertiary/aromatic N) is 1. The number of fused-ring (bicyclic) bond motifs is 1. The van der Waals surface area contributed by atoms with Crippen molar-refractivity contribution in [3.05, 3.63) is 66.4 Å². The molecular formula is C19H17N3O3. The molecule has 0 aliphatic heterocycles. The van der Waals surface area contributed by atoms with Gasteiger partial charge in [-0.2, -0.15) is 0 Å². The van der Waals surface area contributed by atoms with Crippen LogP contribution in [0.3, 0.4) is 0 Å². The van der Waals surface area contributed by atoms with Gasteiger partial charge in [-0.3, -0.25) is 4.79 Å². The zero-order valence-corrected chi connectivity index (χ0v) is 13.6. The number of rotatable bonds is 4. The number of anilines is 2. The Morgan fingerprint density at radius 2 is 1.84 bits per heavy atom. The molecule has 2 aromatic carbocycles. The lowest BCUT2D eigenvalue weighted by atomic mass is 10.1. The third kappa shape index (κ3) is 3.74. The Bertz CT molecular complexity index is 940. The first-order chi connectivity index (χ1) is 12.0. The topological polar surface area (TPSA) is 94.3 Å². The zero-order chi connectivity index (χ0) is 17.8. The monoisotopic (exact) mass is 335 g/mol. The molecule has 0 aliphatic rings. The third-order valence-corrected chi connectivity index (χ3v) is 3.73. The van der Waals surface area contributed by atoms with Crippen molar-refractivity contribution in [3.8, 4) is 0 Å². The summed E-state index contributed by atoms with van der Waals surface area (Å²) >= 11 is 0. The van der Waals surface area contributed by atoms with E-state index in [1.54, 1.807) is 12.1 Å². The van der Waals surface area contributed by atoms with E-state index in [1.165, 1.54) is 19.2 Å². The van der Waals surface area contributed by atoms with Gasteiger partial charge in [-0.05, 0) is 42.0 Å². The zero-order valence-electron chi connectivity index (χ0n) is 13.6. The minimum atomic E-state index is -0.974. The predicted molar refractivity (Wildman–Crippen MR) is 96.1 cm³/mol. The molecule has 1 atom stereocenters. The Hall–Kier alpha value is -3.41. The van der Waals surface area contributed by atoms with Crippen molar-refractivity contribution in [2.24, 2.45) is 0 Å². The summed E-state index contributed by atoms with van der Waals surface area (Å²) in [5.41, 5.74) is 6.40. The molecule has 1 amide bonds. The van der Waals surface area contributed by atoms with Crippen LogP contribution < -0.4 is 11.1 Å². The van der Waals surface area contributed by atoms with Crippen LogP contribution in [-0.4, -0.2) is 23.0 Å². The average Bonchev–Trinajstić information content (AvgIpc) is 2.61. The van der Waals surface area contributed by atoms with Crippen LogP contribution >= 0.6 is 0 Å². The first kappa shape index (κ1) is 16.4. The first-order valence-electron chi connectivity index (χ1n) is 7.76. The summed E-state index contributed by atoms with van der Waals surface area (Å²) < 4.78 is 5.17. The molecule has 126 valence electrons. The van der Waals surface area contributed by atoms with E-state index in [2.05, 4.69) is 10.3 Å². The fourth-order valence-electron chi connectivity index (χ4n) is 2.38. The number of carbonyl (C=O) groups excluding carboxylic acids is 2. The fraction of sp³-hybridized carbons (Fsp3) is 0.105. The molecule has 3 aromatic rings. The van der Waals surface area contributed by atoms with Crippen molar-refractivity contribution < 1.29 is 14.3 Å². The van der Waals surface area contributed by atoms with Gasteiger partial charge in [0.2, 0.25) is 0 Å². The Morgan fingerprint density at radius 3 is 2.60 bits per heavy atom. The minimum Gasteiger partial charge on any atom is -0.449 e. The molecule has 0 aliphatic carbocycles. The van der Waals surface area contributed by atoms with Crippen LogP contribution in [0.2, 0.25) is 0 Å². The highest BCUT2D eigenvalue weighted by Gasteiger charge is 2.20. The molecule has 3 rings (SSSR count). The van der Waals surface area contributed by atoms with Crippen molar-refractivity contribution in [1.82, 2.24) is 4.98 Å². The molecule has 25 heavy (non-hydrogen) atoms. The third-order valence-electron chi connectivity index (χ3n) is 3.73. The number of aromatic nitrogens is 1. The standard InChI is InChI=1S/C19H17N3O3/c1-12(25-19(24)16-7-4-10-21-17(16)20)18(23)22-15-9-8-13-5-2-3-6-14(13)11-15/h2-12H,1H3,(H2,20,21)(H,22,23)/t12-/m1/s1. The SMILES string of the molecule is C[C@@H](OC(=O)c1cccnc1N)C(=O)Nc1ccc2ccccc2c1. The summed E-state index contributed by atoms with van der Waals surface area (Å²) in [6, 6.07) is 16.5. The van der Waals surface area contributed by atoms with Gasteiger partial charge in [0, 0.05) is 11.9 Å². The molecule has 0 saturated heterocycles. The van der Waals surface area contributed by atoms with E-state index in [-0.39, 0.29) is 11.4 Å². The van der Waals surface area contributed by atoms with Gasteiger partial charge in [0.25, 0.3) is 5.91 Å². The number of nitrogens with two attached hydrogens (primary N) is 1. The lowest BCUT2D eigenvalue weighted by Crippen LogP contribution is -2.30. The van der Waals surface area contributed by atoms with Gasteiger partial charge in [-0.25, -0.2) is 9.78 Å². The number of carbonyl (C=O) groups is 2. The fourth-order valence-corrected chi connectivity index (χ4v) is 2.38. The molecule has 0 saturated carbocycles. The van der Waals surface area contributed by atoms with Crippen LogP contribution in [0.25, 0.3) is 10.8 Å². The molecule has 0 unspecified atom stereocenters. The second kappa shape index (κ2) is 7.00. The molecule has 0 bridgehead atoms. The summed E-state index contributed by atoms with van der Waals surface area (Å²) in [7, 11) is 0. The highest BCUT2D eigenvalue weighted by atomic mass is 16.5. The van der Waals surface area contributed by atoms with Crippen LogP contribution in [0.1, 0.15) is 17.3 Å². The van der Waals surface area contributed by atoms with Gasteiger partial charge in [0.15, 0.2) is 6.10 Å². The summed E-state index contributed by atoms with van der Waals surface area (Å²) in [5.74, 6) is -1.05. The van der Waals surface area contributed by atoms with Crippen molar-refractivity contribution in [3.63, 3.8) is 0 Å². The smallest absolute Gasteiger partial charge is 0.342 e. The van der Waals surface area contributed by atoms with Gasteiger partial charge in [0.1, 0.15) is 11.4 Å². The Balaban J connectivity index is 1.67. The van der Waals surface area contributed by atoms with E-state index < -0.39 is 18.0 Å². The maximum Gasteiger partial charge on any atom is 0.342 e. The molecule has 1 heterocycles. The van der Waals surface area contributed by atoms with E-state index in [4.69, 9.17) is 10.5 Å². The largest absolute Gasteiger partial charge is 0.449 e. The number of ether oxygens (including phenoxy) is 1. The average molecular weight is 335 g/mol. The summed E-state index contributed by atoms with van der Waals surface area (Å²) in [4.78, 5) is 28.2. The van der Waals surface area contributed by atoms with Crippen LogP contribution in [-0.2, 0) is 9.53 Å². The van der Waals surface area contributed by atoms with E-state index >= 15 is 0 Å². The molecular weight excluding hydrogens is 318 g/mol. The first-order valence-corrected chi connectivity index (χ1v) is 7.76. The Morgan fingerprint density at radius 1 is 1.08 bits per heavy atom. The van der Waals surface area contributed by atoms with Crippen LogP contribution in [0.15, 0.2) is 60.8 Å². The molecule has 1 aromatic heterocycles. The predicted octanol–water partition coefficient (Wildman–Crippen LogP) is 3.00. The van der Waals surface area contributed by atoms with Gasteiger partial charge in [-0.15, -0.1) is 0 Å². The number of nitrogens with one attached hydrogen (secondary N) is 1. The summed E-state index contributed by atoms with van der Waals surface area (Å²) in [5, 5.41) is 4.83.